The summed E-state index contributed by atoms with van der Waals surface area (Å²) in [5.41, 5.74) is 14.9. The van der Waals surface area contributed by atoms with Crippen molar-refractivity contribution >= 4 is 63.2 Å². The SMILES string of the molecule is CC(C)(C)c1cc2c(cc1C(C)(C)C)-c1cc(C(C)(C)C)c(C(C)(C)C)[c]([Zr]([C]3=CC=CC3)=[C](c3ccc(Br)cc3)c3ccc(Br)cc3)c1C2.Cl.Cl. The van der Waals surface area contributed by atoms with Crippen LogP contribution in [0.4, 0.5) is 0 Å². The second kappa shape index (κ2) is 15.7. The summed E-state index contributed by atoms with van der Waals surface area (Å²) in [7, 11) is 0. The molecule has 0 N–H and O–H groups in total. The molecule has 5 heteroatoms. The normalized spacial score (nSPS) is 13.9. The first-order valence-corrected chi connectivity index (χ1v) is 23.5. The molecule has 52 heavy (non-hydrogen) atoms. The molecule has 0 spiro atoms. The monoisotopic (exact) mass is 938 g/mol. The molecule has 0 radical (unpaired) electrons. The van der Waals surface area contributed by atoms with Crippen molar-refractivity contribution in [2.24, 2.45) is 0 Å². The van der Waals surface area contributed by atoms with Gasteiger partial charge < -0.3 is 0 Å². The van der Waals surface area contributed by atoms with Gasteiger partial charge in [-0.15, -0.1) is 24.8 Å². The van der Waals surface area contributed by atoms with Crippen LogP contribution in [-0.2, 0) is 49.3 Å². The van der Waals surface area contributed by atoms with Crippen LogP contribution in [0.5, 0.6) is 0 Å². The van der Waals surface area contributed by atoms with E-state index in [1.807, 2.05) is 0 Å². The van der Waals surface area contributed by atoms with E-state index in [-0.39, 0.29) is 46.5 Å². The second-order valence-electron chi connectivity index (χ2n) is 18.5. The summed E-state index contributed by atoms with van der Waals surface area (Å²) in [6.07, 6.45) is 9.24. The fourth-order valence-corrected chi connectivity index (χ4v) is 17.6. The van der Waals surface area contributed by atoms with Crippen molar-refractivity contribution < 1.29 is 21.3 Å². The molecule has 0 unspecified atom stereocenters. The number of fused-ring (bicyclic) bond motifs is 3. The Hall–Kier alpha value is -1.35. The Morgan fingerprint density at radius 1 is 0.577 bits per heavy atom. The molecule has 0 nitrogen and oxygen atoms in total. The van der Waals surface area contributed by atoms with Crippen LogP contribution < -0.4 is 3.27 Å². The van der Waals surface area contributed by atoms with Gasteiger partial charge in [0.1, 0.15) is 0 Å². The van der Waals surface area contributed by atoms with Crippen LogP contribution >= 0.6 is 56.7 Å². The van der Waals surface area contributed by atoms with E-state index < -0.39 is 21.3 Å². The van der Waals surface area contributed by atoms with Gasteiger partial charge in [0.2, 0.25) is 0 Å². The van der Waals surface area contributed by atoms with Crippen LogP contribution in [0.3, 0.4) is 0 Å². The van der Waals surface area contributed by atoms with E-state index in [9.17, 15) is 0 Å². The predicted octanol–water partition coefficient (Wildman–Crippen LogP) is 14.2. The average Bonchev–Trinajstić information content (AvgIpc) is 3.66. The number of halogens is 4. The molecule has 2 aliphatic rings. The smallest absolute Gasteiger partial charge is 0.147 e. The van der Waals surface area contributed by atoms with E-state index >= 15 is 0 Å². The summed E-state index contributed by atoms with van der Waals surface area (Å²) in [6.45, 7) is 29.0. The van der Waals surface area contributed by atoms with Gasteiger partial charge in [-0.25, -0.2) is 0 Å². The van der Waals surface area contributed by atoms with Crippen LogP contribution in [0.2, 0.25) is 0 Å². The van der Waals surface area contributed by atoms with Crippen molar-refractivity contribution in [3.63, 3.8) is 0 Å². The van der Waals surface area contributed by atoms with Crippen LogP contribution in [0.25, 0.3) is 11.1 Å². The number of hydrogen-bond acceptors (Lipinski definition) is 0. The van der Waals surface area contributed by atoms with Gasteiger partial charge in [-0.05, 0) is 0 Å². The molecule has 0 aromatic heterocycles. The molecule has 4 aromatic carbocycles. The quantitative estimate of drug-likeness (QED) is 0.168. The molecule has 0 amide bonds. The van der Waals surface area contributed by atoms with Gasteiger partial charge in [-0.2, -0.15) is 0 Å². The Labute approximate surface area is 351 Å². The molecule has 0 fully saturated rings. The predicted molar refractivity (Wildman–Crippen MR) is 237 cm³/mol. The van der Waals surface area contributed by atoms with Gasteiger partial charge in [-0.3, -0.25) is 0 Å². The zero-order chi connectivity index (χ0) is 36.6. The van der Waals surface area contributed by atoms with Gasteiger partial charge in [0, 0.05) is 0 Å². The van der Waals surface area contributed by atoms with Gasteiger partial charge in [0.15, 0.2) is 0 Å². The first-order chi connectivity index (χ1) is 23.2. The van der Waals surface area contributed by atoms with E-state index in [1.165, 1.54) is 44.5 Å². The van der Waals surface area contributed by atoms with Gasteiger partial charge in [-0.1, -0.05) is 0 Å². The minimum Gasteiger partial charge on any atom is -0.147 e. The van der Waals surface area contributed by atoms with Crippen molar-refractivity contribution in [3.05, 3.63) is 142 Å². The third-order valence-electron chi connectivity index (χ3n) is 10.4. The zero-order valence-corrected chi connectivity index (χ0v) is 40.3. The second-order valence-corrected chi connectivity index (χ2v) is 26.2. The van der Waals surface area contributed by atoms with Crippen molar-refractivity contribution in [1.82, 2.24) is 0 Å². The molecule has 2 aliphatic carbocycles. The minimum atomic E-state index is -2.96. The standard InChI is InChI=1S/C29H41.C13H8Br2.C5H5.2ClH.Zr/c1-26(2,3)22-14-18-13-19-15-23(27(4,5)6)25(29(10,11)12)17-21(19)20(18)16-24(22)28(7,8)9;14-12-5-1-10(2-6-12)9-11-3-7-13(15)8-4-11;1-2-4-5-3-1;;;/h14,16-17H,13H2,1-12H3;1-8H;1-3H,4H2;2*1H;. The third-order valence-corrected chi connectivity index (χ3v) is 19.1. The van der Waals surface area contributed by atoms with E-state index in [1.54, 1.807) is 20.9 Å². The Bertz CT molecular complexity index is 2020. The number of allylic oxidation sites excluding steroid dienone is 4. The fourth-order valence-electron chi connectivity index (χ4n) is 8.03. The van der Waals surface area contributed by atoms with E-state index in [0.29, 0.717) is 0 Å². The van der Waals surface area contributed by atoms with E-state index in [4.69, 9.17) is 0 Å². The number of benzene rings is 4. The molecule has 0 bridgehead atoms. The maximum absolute atomic E-state index is 3.75. The zero-order valence-electron chi connectivity index (χ0n) is 33.1. The van der Waals surface area contributed by atoms with Crippen LogP contribution in [-0.4, -0.2) is 3.21 Å². The summed E-state index contributed by atoms with van der Waals surface area (Å²) < 4.78 is 7.18. The molecule has 0 aliphatic heterocycles. The summed E-state index contributed by atoms with van der Waals surface area (Å²) >= 11 is 4.55. The summed E-state index contributed by atoms with van der Waals surface area (Å²) in [4.78, 5) is 0. The molecule has 4 aromatic rings. The van der Waals surface area contributed by atoms with Gasteiger partial charge in [0.25, 0.3) is 0 Å². The van der Waals surface area contributed by atoms with Gasteiger partial charge >= 0.3 is 330 Å². The van der Waals surface area contributed by atoms with Crippen molar-refractivity contribution in [2.45, 2.75) is 118 Å². The Morgan fingerprint density at radius 3 is 1.46 bits per heavy atom. The summed E-state index contributed by atoms with van der Waals surface area (Å²) in [5, 5.41) is 0. The largest absolute Gasteiger partial charge is 0.147 e. The molecular formula is C47H56Br2Cl2Zr. The molecule has 0 atom stereocenters. The number of hydrogen-bond donors (Lipinski definition) is 0. The maximum atomic E-state index is 3.75. The van der Waals surface area contributed by atoms with Crippen molar-refractivity contribution in [2.75, 3.05) is 0 Å². The van der Waals surface area contributed by atoms with E-state index in [0.717, 1.165) is 21.8 Å². The number of rotatable bonds is 4. The molecular weight excluding hydrogens is 886 g/mol. The fraction of sp³-hybridized carbons (Fsp3) is 0.383. The van der Waals surface area contributed by atoms with Crippen molar-refractivity contribution in [1.29, 1.82) is 0 Å². The average molecular weight is 943 g/mol. The Kier molecular flexibility index (Phi) is 13.1. The van der Waals surface area contributed by atoms with Crippen LogP contribution in [0, 0.1) is 0 Å². The summed E-state index contributed by atoms with van der Waals surface area (Å²) in [6, 6.07) is 26.2. The molecule has 276 valence electrons. The van der Waals surface area contributed by atoms with E-state index in [2.05, 4.69) is 200 Å². The Morgan fingerprint density at radius 2 is 1.04 bits per heavy atom. The molecule has 0 saturated heterocycles. The molecule has 0 heterocycles. The van der Waals surface area contributed by atoms with Crippen LogP contribution in [0.15, 0.2) is 97.2 Å². The Balaban J connectivity index is 0.00000302. The summed E-state index contributed by atoms with van der Waals surface area (Å²) in [5.74, 6) is 0. The molecule has 6 rings (SSSR count). The topological polar surface area (TPSA) is 0 Å². The van der Waals surface area contributed by atoms with Crippen molar-refractivity contribution in [3.8, 4) is 11.1 Å². The maximum Gasteiger partial charge on any atom is -0.147 e. The molecule has 0 saturated carbocycles. The first-order valence-electron chi connectivity index (χ1n) is 18.2. The third kappa shape index (κ3) is 8.55. The van der Waals surface area contributed by atoms with Gasteiger partial charge in [0.05, 0.1) is 0 Å². The minimum absolute atomic E-state index is 0. The van der Waals surface area contributed by atoms with Crippen LogP contribution in [0.1, 0.15) is 134 Å². The first kappa shape index (κ1) is 43.4.